The van der Waals surface area contributed by atoms with Gasteiger partial charge in [-0.1, -0.05) is 18.9 Å². The molecule has 0 bridgehead atoms. The molecule has 3 rings (SSSR count). The van der Waals surface area contributed by atoms with Crippen molar-refractivity contribution in [2.45, 2.75) is 96.6 Å². The number of sulfonamides is 1. The monoisotopic (exact) mass is 436 g/mol. The lowest BCUT2D eigenvalue weighted by Crippen LogP contribution is -2.63. The summed E-state index contributed by atoms with van der Waals surface area (Å²) in [4.78, 5) is 0. The topological polar surface area (TPSA) is 72.2 Å². The van der Waals surface area contributed by atoms with Crippen LogP contribution in [0.1, 0.15) is 83.6 Å². The molecule has 0 spiro atoms. The largest absolute Gasteiger partial charge is 0.399 e. The maximum absolute atomic E-state index is 12.2. The maximum Gasteiger partial charge on any atom is 0.232 e. The van der Waals surface area contributed by atoms with Gasteiger partial charge in [-0.3, -0.25) is 4.72 Å². The Labute approximate surface area is 184 Å². The Morgan fingerprint density at radius 1 is 0.967 bits per heavy atom. The first kappa shape index (κ1) is 23.4. The van der Waals surface area contributed by atoms with Crippen LogP contribution in [0.3, 0.4) is 0 Å². The fraction of sp³-hybridized carbons (Fsp3) is 0.750. The molecule has 170 valence electrons. The van der Waals surface area contributed by atoms with Crippen molar-refractivity contribution in [1.82, 2.24) is 0 Å². The summed E-state index contributed by atoms with van der Waals surface area (Å²) in [5, 5.41) is 0. The van der Waals surface area contributed by atoms with E-state index in [9.17, 15) is 8.42 Å². The van der Waals surface area contributed by atoms with Gasteiger partial charge in [0.15, 0.2) is 0 Å². The summed E-state index contributed by atoms with van der Waals surface area (Å²) in [7, 11) is -3.32. The predicted molar refractivity (Wildman–Crippen MR) is 127 cm³/mol. The highest BCUT2D eigenvalue weighted by molar-refractivity contribution is 7.92. The zero-order valence-corrected chi connectivity index (χ0v) is 19.9. The molecule has 2 fully saturated rings. The second kappa shape index (κ2) is 10.4. The number of nitrogens with one attached hydrogen (secondary N) is 1. The maximum atomic E-state index is 12.2. The second-order valence-electron chi connectivity index (χ2n) is 9.40. The molecular weight excluding hydrogens is 394 g/mol. The Morgan fingerprint density at radius 3 is 2.03 bits per heavy atom. The number of nitrogens with zero attached hydrogens (tertiary/aromatic N) is 1. The van der Waals surface area contributed by atoms with Crippen LogP contribution in [-0.4, -0.2) is 43.8 Å². The van der Waals surface area contributed by atoms with Crippen molar-refractivity contribution in [3.8, 4) is 0 Å². The van der Waals surface area contributed by atoms with Crippen molar-refractivity contribution in [3.05, 3.63) is 23.8 Å². The lowest BCUT2D eigenvalue weighted by Gasteiger charge is -2.52. The Kier molecular flexibility index (Phi) is 8.08. The minimum atomic E-state index is -3.32. The van der Waals surface area contributed by atoms with Crippen LogP contribution in [-0.2, 0) is 16.4 Å². The smallest absolute Gasteiger partial charge is 0.232 e. The third-order valence-corrected chi connectivity index (χ3v) is 9.06. The Bertz CT molecular complexity index is 764. The van der Waals surface area contributed by atoms with E-state index in [4.69, 9.17) is 5.73 Å². The van der Waals surface area contributed by atoms with Crippen LogP contribution in [0, 0.1) is 0 Å². The van der Waals surface area contributed by atoms with E-state index in [-0.39, 0.29) is 5.75 Å². The molecule has 2 aliphatic rings. The van der Waals surface area contributed by atoms with Crippen LogP contribution >= 0.6 is 0 Å². The Hall–Kier alpha value is -1.27. The minimum absolute atomic E-state index is 0.0698. The number of rotatable bonds is 9. The van der Waals surface area contributed by atoms with E-state index >= 15 is 0 Å². The van der Waals surface area contributed by atoms with E-state index in [0.717, 1.165) is 30.6 Å². The molecular formula is C24H42N3O2S+. The second-order valence-corrected chi connectivity index (χ2v) is 11.4. The standard InChI is InChI=1S/C24H42N3O2S/c1-3-27(22-11-7-5-8-12-22,23-13-9-6-10-14-23)18-17-20-15-16-21(25)19-24(20)26-30(28,29)4-2/h15-16,19,22-23,26H,3-14,17-18,25H2,1-2H3/q+1. The van der Waals surface area contributed by atoms with Gasteiger partial charge in [0.05, 0.1) is 36.6 Å². The molecule has 6 heteroatoms. The van der Waals surface area contributed by atoms with Gasteiger partial charge in [0.25, 0.3) is 0 Å². The molecule has 30 heavy (non-hydrogen) atoms. The molecule has 0 saturated heterocycles. The molecule has 0 heterocycles. The number of anilines is 2. The molecule has 0 amide bonds. The highest BCUT2D eigenvalue weighted by Gasteiger charge is 2.42. The van der Waals surface area contributed by atoms with Crippen LogP contribution in [0.5, 0.6) is 0 Å². The number of likely N-dealkylation sites (N-methyl/N-ethyl adjacent to an activating group) is 1. The summed E-state index contributed by atoms with van der Waals surface area (Å²) in [5.41, 5.74) is 8.33. The van der Waals surface area contributed by atoms with E-state index < -0.39 is 10.0 Å². The number of benzene rings is 1. The van der Waals surface area contributed by atoms with Crippen molar-refractivity contribution in [3.63, 3.8) is 0 Å². The fourth-order valence-electron chi connectivity index (χ4n) is 6.00. The molecule has 0 radical (unpaired) electrons. The lowest BCUT2D eigenvalue weighted by atomic mass is 9.85. The summed E-state index contributed by atoms with van der Waals surface area (Å²) < 4.78 is 28.5. The molecule has 2 aliphatic carbocycles. The summed E-state index contributed by atoms with van der Waals surface area (Å²) >= 11 is 0. The van der Waals surface area contributed by atoms with E-state index in [2.05, 4.69) is 11.6 Å². The van der Waals surface area contributed by atoms with Crippen LogP contribution in [0.15, 0.2) is 18.2 Å². The molecule has 0 aromatic heterocycles. The van der Waals surface area contributed by atoms with E-state index in [0.29, 0.717) is 11.4 Å². The summed E-state index contributed by atoms with van der Waals surface area (Å²) in [6.07, 6.45) is 14.5. The molecule has 1 aromatic rings. The fourth-order valence-corrected chi connectivity index (χ4v) is 6.67. The first-order chi connectivity index (χ1) is 14.4. The minimum Gasteiger partial charge on any atom is -0.399 e. The predicted octanol–water partition coefficient (Wildman–Crippen LogP) is 5.08. The number of nitrogens with two attached hydrogens (primary N) is 1. The van der Waals surface area contributed by atoms with Crippen LogP contribution in [0.2, 0.25) is 0 Å². The van der Waals surface area contributed by atoms with Gasteiger partial charge in [0.2, 0.25) is 10.0 Å². The van der Waals surface area contributed by atoms with Crippen molar-refractivity contribution in [2.75, 3.05) is 29.3 Å². The third kappa shape index (κ3) is 5.50. The van der Waals surface area contributed by atoms with E-state index in [1.807, 2.05) is 12.1 Å². The van der Waals surface area contributed by atoms with Crippen LogP contribution in [0.25, 0.3) is 0 Å². The average molecular weight is 437 g/mol. The Balaban J connectivity index is 1.86. The van der Waals surface area contributed by atoms with Crippen molar-refractivity contribution in [2.24, 2.45) is 0 Å². The van der Waals surface area contributed by atoms with Crippen LogP contribution < -0.4 is 10.5 Å². The molecule has 1 aromatic carbocycles. The van der Waals surface area contributed by atoms with Gasteiger partial charge in [0.1, 0.15) is 0 Å². The molecule has 3 N–H and O–H groups in total. The molecule has 0 unspecified atom stereocenters. The van der Waals surface area contributed by atoms with Gasteiger partial charge in [-0.2, -0.15) is 0 Å². The first-order valence-corrected chi connectivity index (χ1v) is 13.8. The molecule has 0 atom stereocenters. The van der Waals surface area contributed by atoms with Gasteiger partial charge in [-0.05, 0) is 82.9 Å². The SMILES string of the molecule is CC[N+](CCc1ccc(N)cc1NS(=O)(=O)CC)(C1CCCCC1)C1CCCCC1. The Morgan fingerprint density at radius 2 is 1.53 bits per heavy atom. The highest BCUT2D eigenvalue weighted by atomic mass is 32.2. The summed E-state index contributed by atoms with van der Waals surface area (Å²) in [6, 6.07) is 7.23. The third-order valence-electron chi connectivity index (χ3n) is 7.77. The van der Waals surface area contributed by atoms with Crippen molar-refractivity contribution in [1.29, 1.82) is 0 Å². The van der Waals surface area contributed by atoms with Gasteiger partial charge in [-0.25, -0.2) is 8.42 Å². The number of hydrogen-bond donors (Lipinski definition) is 2. The first-order valence-electron chi connectivity index (χ1n) is 12.2. The number of quaternary nitrogens is 1. The van der Waals surface area contributed by atoms with Gasteiger partial charge in [0, 0.05) is 12.1 Å². The zero-order valence-electron chi connectivity index (χ0n) is 19.0. The number of nitrogen functional groups attached to an aromatic ring is 1. The lowest BCUT2D eigenvalue weighted by molar-refractivity contribution is -0.974. The molecule has 2 saturated carbocycles. The van der Waals surface area contributed by atoms with E-state index in [1.54, 1.807) is 13.0 Å². The zero-order chi connectivity index (χ0) is 21.6. The van der Waals surface area contributed by atoms with Gasteiger partial charge >= 0.3 is 0 Å². The van der Waals surface area contributed by atoms with E-state index in [1.165, 1.54) is 75.2 Å². The van der Waals surface area contributed by atoms with Crippen LogP contribution in [0.4, 0.5) is 11.4 Å². The van der Waals surface area contributed by atoms with Gasteiger partial charge in [-0.15, -0.1) is 0 Å². The average Bonchev–Trinajstić information content (AvgIpc) is 2.77. The molecule has 0 aliphatic heterocycles. The van der Waals surface area contributed by atoms with Crippen molar-refractivity contribution >= 4 is 21.4 Å². The number of hydrogen-bond acceptors (Lipinski definition) is 3. The van der Waals surface area contributed by atoms with Gasteiger partial charge < -0.3 is 10.2 Å². The van der Waals surface area contributed by atoms with Crippen molar-refractivity contribution < 1.29 is 12.9 Å². The highest BCUT2D eigenvalue weighted by Crippen LogP contribution is 2.37. The summed E-state index contributed by atoms with van der Waals surface area (Å²) in [5.74, 6) is 0.0698. The summed E-state index contributed by atoms with van der Waals surface area (Å²) in [6.45, 7) is 6.32. The molecule has 5 nitrogen and oxygen atoms in total. The normalized spacial score (nSPS) is 19.7. The quantitative estimate of drug-likeness (QED) is 0.419.